The van der Waals surface area contributed by atoms with Gasteiger partial charge in [0.25, 0.3) is 0 Å². The third kappa shape index (κ3) is 6.86. The maximum Gasteiger partial charge on any atom is 0.191 e. The van der Waals surface area contributed by atoms with E-state index in [1.807, 2.05) is 6.07 Å². The molecule has 0 aromatic heterocycles. The molecule has 1 saturated heterocycles. The van der Waals surface area contributed by atoms with Gasteiger partial charge < -0.3 is 15.4 Å². The Hall–Kier alpha value is -2.01. The lowest BCUT2D eigenvalue weighted by molar-refractivity contribution is 0.221. The van der Waals surface area contributed by atoms with E-state index in [0.717, 1.165) is 68.8 Å². The Morgan fingerprint density at radius 2 is 1.96 bits per heavy atom. The molecule has 0 radical (unpaired) electrons. The highest BCUT2D eigenvalue weighted by molar-refractivity contribution is 5.80. The monoisotopic (exact) mass is 384 g/mol. The summed E-state index contributed by atoms with van der Waals surface area (Å²) >= 11 is 0. The highest BCUT2D eigenvalue weighted by atomic mass is 16.5. The molecule has 5 nitrogen and oxygen atoms in total. The number of benzene rings is 1. The summed E-state index contributed by atoms with van der Waals surface area (Å²) in [5.41, 5.74) is 2.39. The fourth-order valence-corrected chi connectivity index (χ4v) is 3.56. The smallest absolute Gasteiger partial charge is 0.191 e. The molecule has 1 heterocycles. The summed E-state index contributed by atoms with van der Waals surface area (Å²) in [6, 6.07) is 8.75. The van der Waals surface area contributed by atoms with E-state index >= 15 is 0 Å². The van der Waals surface area contributed by atoms with Crippen molar-refractivity contribution in [3.8, 4) is 5.75 Å². The van der Waals surface area contributed by atoms with Crippen LogP contribution in [0, 0.1) is 5.92 Å². The van der Waals surface area contributed by atoms with Crippen LogP contribution in [0.1, 0.15) is 45.1 Å². The van der Waals surface area contributed by atoms with Crippen LogP contribution in [-0.2, 0) is 6.54 Å². The third-order valence-corrected chi connectivity index (χ3v) is 5.32. The first-order valence-electron chi connectivity index (χ1n) is 10.8. The van der Waals surface area contributed by atoms with Gasteiger partial charge in [0.2, 0.25) is 0 Å². The van der Waals surface area contributed by atoms with Crippen molar-refractivity contribution >= 4 is 5.96 Å². The lowest BCUT2D eigenvalue weighted by Crippen LogP contribution is -2.48. The summed E-state index contributed by atoms with van der Waals surface area (Å²) in [4.78, 5) is 7.32. The number of guanidine groups is 1. The summed E-state index contributed by atoms with van der Waals surface area (Å²) in [5, 5.41) is 7.02. The lowest BCUT2D eigenvalue weighted by Gasteiger charge is -2.33. The topological polar surface area (TPSA) is 48.9 Å². The Labute approximate surface area is 170 Å². The Bertz CT molecular complexity index is 660. The zero-order valence-electron chi connectivity index (χ0n) is 17.5. The van der Waals surface area contributed by atoms with Gasteiger partial charge in [-0.1, -0.05) is 30.4 Å². The second kappa shape index (κ2) is 10.5. The number of aliphatic imine (C=N–C) groups is 1. The number of nitrogens with one attached hydrogen (secondary N) is 2. The molecule has 1 saturated carbocycles. The quantitative estimate of drug-likeness (QED) is 0.388. The minimum absolute atomic E-state index is 0.473. The molecule has 1 aliphatic heterocycles. The van der Waals surface area contributed by atoms with Crippen LogP contribution in [0.15, 0.2) is 41.4 Å². The number of piperidine rings is 1. The SMILES string of the molecule is C=C(C)CN1CCC(NC(=NCc2ccccc2OCC2CC2)NCC)CC1. The fraction of sp³-hybridized carbons (Fsp3) is 0.609. The molecular formula is C23H36N4O. The minimum atomic E-state index is 0.473. The van der Waals surface area contributed by atoms with Crippen molar-refractivity contribution in [3.05, 3.63) is 42.0 Å². The average Bonchev–Trinajstić information content (AvgIpc) is 3.51. The second-order valence-corrected chi connectivity index (χ2v) is 8.21. The Morgan fingerprint density at radius 3 is 2.64 bits per heavy atom. The number of hydrogen-bond acceptors (Lipinski definition) is 3. The van der Waals surface area contributed by atoms with Gasteiger partial charge in [0, 0.05) is 37.8 Å². The first-order valence-corrected chi connectivity index (χ1v) is 10.8. The van der Waals surface area contributed by atoms with E-state index in [0.29, 0.717) is 12.6 Å². The van der Waals surface area contributed by atoms with Crippen LogP contribution in [0.25, 0.3) is 0 Å². The molecule has 28 heavy (non-hydrogen) atoms. The predicted octanol–water partition coefficient (Wildman–Crippen LogP) is 3.57. The standard InChI is InChI=1S/C23H36N4O/c1-4-24-23(26-21-11-13-27(14-12-21)16-18(2)3)25-15-20-7-5-6-8-22(20)28-17-19-9-10-19/h5-8,19,21H,2,4,9-17H2,1,3H3,(H2,24,25,26). The summed E-state index contributed by atoms with van der Waals surface area (Å²) < 4.78 is 6.02. The zero-order valence-corrected chi connectivity index (χ0v) is 17.5. The molecule has 154 valence electrons. The third-order valence-electron chi connectivity index (χ3n) is 5.32. The van der Waals surface area contributed by atoms with E-state index < -0.39 is 0 Å². The van der Waals surface area contributed by atoms with Crippen molar-refractivity contribution in [3.63, 3.8) is 0 Å². The number of likely N-dealkylation sites (tertiary alicyclic amines) is 1. The van der Waals surface area contributed by atoms with Crippen LogP contribution in [-0.4, -0.2) is 49.7 Å². The van der Waals surface area contributed by atoms with Crippen LogP contribution in [0.5, 0.6) is 5.75 Å². The Balaban J connectivity index is 1.53. The summed E-state index contributed by atoms with van der Waals surface area (Å²) in [6.45, 7) is 13.8. The Morgan fingerprint density at radius 1 is 1.21 bits per heavy atom. The molecule has 2 fully saturated rings. The van der Waals surface area contributed by atoms with Crippen LogP contribution in [0.3, 0.4) is 0 Å². The van der Waals surface area contributed by atoms with E-state index in [1.165, 1.54) is 18.4 Å². The van der Waals surface area contributed by atoms with E-state index in [4.69, 9.17) is 9.73 Å². The second-order valence-electron chi connectivity index (χ2n) is 8.21. The number of para-hydroxylation sites is 1. The molecule has 0 atom stereocenters. The first-order chi connectivity index (χ1) is 13.6. The van der Waals surface area contributed by atoms with Crippen molar-refractivity contribution in [2.24, 2.45) is 10.9 Å². The van der Waals surface area contributed by atoms with Crippen LogP contribution in [0.2, 0.25) is 0 Å². The van der Waals surface area contributed by atoms with Gasteiger partial charge in [0.1, 0.15) is 5.75 Å². The van der Waals surface area contributed by atoms with E-state index in [-0.39, 0.29) is 0 Å². The molecule has 0 unspecified atom stereocenters. The molecule has 0 amide bonds. The van der Waals surface area contributed by atoms with Gasteiger partial charge >= 0.3 is 0 Å². The van der Waals surface area contributed by atoms with Gasteiger partial charge in [-0.3, -0.25) is 4.90 Å². The maximum absolute atomic E-state index is 6.02. The first kappa shape index (κ1) is 20.7. The molecule has 2 N–H and O–H groups in total. The number of rotatable bonds is 9. The van der Waals surface area contributed by atoms with Gasteiger partial charge in [0.05, 0.1) is 13.2 Å². The summed E-state index contributed by atoms with van der Waals surface area (Å²) in [6.07, 6.45) is 4.89. The highest BCUT2D eigenvalue weighted by Crippen LogP contribution is 2.30. The van der Waals surface area contributed by atoms with Crippen molar-refractivity contribution in [2.45, 2.75) is 52.1 Å². The largest absolute Gasteiger partial charge is 0.493 e. The van der Waals surface area contributed by atoms with Crippen LogP contribution >= 0.6 is 0 Å². The van der Waals surface area contributed by atoms with Gasteiger partial charge in [-0.15, -0.1) is 0 Å². The summed E-state index contributed by atoms with van der Waals surface area (Å²) in [5.74, 6) is 2.63. The lowest BCUT2D eigenvalue weighted by atomic mass is 10.0. The van der Waals surface area contributed by atoms with Gasteiger partial charge in [-0.2, -0.15) is 0 Å². The van der Waals surface area contributed by atoms with E-state index in [2.05, 4.69) is 54.2 Å². The highest BCUT2D eigenvalue weighted by Gasteiger charge is 2.22. The Kier molecular flexibility index (Phi) is 7.78. The molecule has 3 rings (SSSR count). The van der Waals surface area contributed by atoms with Crippen LogP contribution < -0.4 is 15.4 Å². The molecule has 5 heteroatoms. The molecular weight excluding hydrogens is 348 g/mol. The number of ether oxygens (including phenoxy) is 1. The maximum atomic E-state index is 6.02. The molecule has 2 aliphatic rings. The predicted molar refractivity (Wildman–Crippen MR) is 117 cm³/mol. The summed E-state index contributed by atoms with van der Waals surface area (Å²) in [7, 11) is 0. The molecule has 1 aliphatic carbocycles. The van der Waals surface area contributed by atoms with Crippen molar-refractivity contribution in [1.29, 1.82) is 0 Å². The fourth-order valence-electron chi connectivity index (χ4n) is 3.56. The van der Waals surface area contributed by atoms with Gasteiger partial charge in [0.15, 0.2) is 5.96 Å². The average molecular weight is 385 g/mol. The van der Waals surface area contributed by atoms with Crippen molar-refractivity contribution < 1.29 is 4.74 Å². The normalized spacial score (nSPS) is 18.7. The number of nitrogens with zero attached hydrogens (tertiary/aromatic N) is 2. The molecule has 1 aromatic rings. The van der Waals surface area contributed by atoms with Crippen molar-refractivity contribution in [2.75, 3.05) is 32.8 Å². The molecule has 0 spiro atoms. The van der Waals surface area contributed by atoms with Crippen molar-refractivity contribution in [1.82, 2.24) is 15.5 Å². The molecule has 0 bridgehead atoms. The zero-order chi connectivity index (χ0) is 19.8. The number of hydrogen-bond donors (Lipinski definition) is 2. The van der Waals surface area contributed by atoms with Gasteiger partial charge in [-0.25, -0.2) is 4.99 Å². The van der Waals surface area contributed by atoms with E-state index in [9.17, 15) is 0 Å². The van der Waals surface area contributed by atoms with E-state index in [1.54, 1.807) is 0 Å². The molecule has 1 aromatic carbocycles. The minimum Gasteiger partial charge on any atom is -0.493 e. The van der Waals surface area contributed by atoms with Crippen LogP contribution in [0.4, 0.5) is 0 Å². The van der Waals surface area contributed by atoms with Gasteiger partial charge in [-0.05, 0) is 51.5 Å².